The van der Waals surface area contributed by atoms with E-state index in [9.17, 15) is 9.59 Å². The zero-order valence-corrected chi connectivity index (χ0v) is 14.6. The topological polar surface area (TPSA) is 49.4 Å². The normalized spacial score (nSPS) is 20.7. The van der Waals surface area contributed by atoms with Crippen molar-refractivity contribution in [3.8, 4) is 0 Å². The van der Waals surface area contributed by atoms with Gasteiger partial charge in [0.15, 0.2) is 0 Å². The fourth-order valence-electron chi connectivity index (χ4n) is 2.78. The maximum Gasteiger partial charge on any atom is 0.325 e. The number of hydrogen-bond acceptors (Lipinski definition) is 2. The van der Waals surface area contributed by atoms with Gasteiger partial charge in [-0.15, -0.1) is 0 Å². The zero-order valence-electron chi connectivity index (χ0n) is 13.0. The predicted octanol–water partition coefficient (Wildman–Crippen LogP) is 3.72. The van der Waals surface area contributed by atoms with Crippen LogP contribution in [-0.4, -0.2) is 16.8 Å². The number of amides is 3. The first kappa shape index (κ1) is 15.7. The van der Waals surface area contributed by atoms with Crippen molar-refractivity contribution in [3.63, 3.8) is 0 Å². The van der Waals surface area contributed by atoms with Crippen LogP contribution in [0.3, 0.4) is 0 Å². The van der Waals surface area contributed by atoms with Crippen LogP contribution in [0, 0.1) is 6.92 Å². The number of carbonyl (C=O) groups is 2. The lowest BCUT2D eigenvalue weighted by Crippen LogP contribution is -2.40. The maximum absolute atomic E-state index is 12.9. The van der Waals surface area contributed by atoms with Gasteiger partial charge in [-0.3, -0.25) is 9.69 Å². The highest BCUT2D eigenvalue weighted by Crippen LogP contribution is 2.30. The molecule has 3 amide bonds. The number of nitrogens with one attached hydrogen (secondary N) is 1. The second-order valence-electron chi connectivity index (χ2n) is 5.88. The third kappa shape index (κ3) is 2.77. The van der Waals surface area contributed by atoms with Gasteiger partial charge in [0.1, 0.15) is 5.54 Å². The molecule has 1 saturated heterocycles. The van der Waals surface area contributed by atoms with Crippen LogP contribution in [0.5, 0.6) is 0 Å². The second kappa shape index (κ2) is 5.81. The lowest BCUT2D eigenvalue weighted by atomic mass is 9.92. The van der Waals surface area contributed by atoms with Crippen molar-refractivity contribution in [1.82, 2.24) is 10.2 Å². The van der Waals surface area contributed by atoms with E-state index in [4.69, 9.17) is 0 Å². The van der Waals surface area contributed by atoms with Crippen LogP contribution < -0.4 is 5.32 Å². The van der Waals surface area contributed by atoms with Crippen molar-refractivity contribution in [3.05, 3.63) is 69.7 Å². The van der Waals surface area contributed by atoms with Gasteiger partial charge in [0, 0.05) is 4.47 Å². The van der Waals surface area contributed by atoms with E-state index in [0.717, 1.165) is 21.2 Å². The smallest absolute Gasteiger partial charge is 0.319 e. The van der Waals surface area contributed by atoms with Crippen LogP contribution in [0.2, 0.25) is 0 Å². The Morgan fingerprint density at radius 3 is 2.39 bits per heavy atom. The van der Waals surface area contributed by atoms with Gasteiger partial charge in [-0.2, -0.15) is 0 Å². The van der Waals surface area contributed by atoms with Crippen molar-refractivity contribution in [1.29, 1.82) is 0 Å². The Hall–Kier alpha value is -2.14. The summed E-state index contributed by atoms with van der Waals surface area (Å²) >= 11 is 3.38. The third-order valence-corrected chi connectivity index (χ3v) is 4.81. The van der Waals surface area contributed by atoms with Crippen molar-refractivity contribution in [2.75, 3.05) is 0 Å². The molecule has 4 nitrogen and oxygen atoms in total. The minimum atomic E-state index is -1.03. The van der Waals surface area contributed by atoms with E-state index < -0.39 is 5.54 Å². The fourth-order valence-corrected chi connectivity index (χ4v) is 3.04. The number of imide groups is 1. The molecule has 1 atom stereocenters. The summed E-state index contributed by atoms with van der Waals surface area (Å²) in [5.74, 6) is -0.229. The molecule has 118 valence electrons. The number of rotatable bonds is 3. The van der Waals surface area contributed by atoms with Crippen LogP contribution in [0.25, 0.3) is 0 Å². The summed E-state index contributed by atoms with van der Waals surface area (Å²) in [6, 6.07) is 14.8. The van der Waals surface area contributed by atoms with E-state index in [1.165, 1.54) is 4.90 Å². The Morgan fingerprint density at radius 1 is 1.09 bits per heavy atom. The summed E-state index contributed by atoms with van der Waals surface area (Å²) in [5, 5.41) is 2.83. The van der Waals surface area contributed by atoms with Gasteiger partial charge in [-0.1, -0.05) is 52.3 Å². The second-order valence-corrected chi connectivity index (χ2v) is 6.80. The first-order valence-electron chi connectivity index (χ1n) is 7.36. The van der Waals surface area contributed by atoms with E-state index in [-0.39, 0.29) is 18.5 Å². The Balaban J connectivity index is 1.90. The van der Waals surface area contributed by atoms with E-state index in [1.54, 1.807) is 6.92 Å². The highest BCUT2D eigenvalue weighted by Gasteiger charge is 2.48. The van der Waals surface area contributed by atoms with Gasteiger partial charge in [-0.05, 0) is 42.7 Å². The van der Waals surface area contributed by atoms with Crippen molar-refractivity contribution in [2.45, 2.75) is 25.9 Å². The summed E-state index contributed by atoms with van der Waals surface area (Å²) in [6.45, 7) is 4.00. The highest BCUT2D eigenvalue weighted by molar-refractivity contribution is 9.10. The molecule has 23 heavy (non-hydrogen) atoms. The number of aryl methyl sites for hydroxylation is 1. The molecule has 1 fully saturated rings. The van der Waals surface area contributed by atoms with Gasteiger partial charge in [0.05, 0.1) is 6.54 Å². The van der Waals surface area contributed by atoms with Crippen molar-refractivity contribution in [2.24, 2.45) is 0 Å². The molecule has 1 heterocycles. The number of halogens is 1. The zero-order chi connectivity index (χ0) is 16.6. The minimum Gasteiger partial charge on any atom is -0.319 e. The lowest BCUT2D eigenvalue weighted by molar-refractivity contribution is -0.131. The first-order chi connectivity index (χ1) is 10.9. The third-order valence-electron chi connectivity index (χ3n) is 4.29. The molecule has 2 aromatic rings. The van der Waals surface area contributed by atoms with Crippen molar-refractivity contribution < 1.29 is 9.59 Å². The summed E-state index contributed by atoms with van der Waals surface area (Å²) in [4.78, 5) is 26.5. The van der Waals surface area contributed by atoms with Crippen LogP contribution in [0.4, 0.5) is 4.79 Å². The Bertz CT molecular complexity index is 773. The predicted molar refractivity (Wildman–Crippen MR) is 91.8 cm³/mol. The Kier molecular flexibility index (Phi) is 3.98. The van der Waals surface area contributed by atoms with Gasteiger partial charge in [0.25, 0.3) is 5.91 Å². The van der Waals surface area contributed by atoms with Crippen molar-refractivity contribution >= 4 is 27.9 Å². The van der Waals surface area contributed by atoms with E-state index >= 15 is 0 Å². The molecule has 0 bridgehead atoms. The average molecular weight is 373 g/mol. The summed E-state index contributed by atoms with van der Waals surface area (Å²) < 4.78 is 0.929. The minimum absolute atomic E-state index is 0.229. The average Bonchev–Trinajstić information content (AvgIpc) is 2.74. The summed E-state index contributed by atoms with van der Waals surface area (Å²) in [6.07, 6.45) is 0. The number of benzene rings is 2. The molecule has 0 aliphatic carbocycles. The van der Waals surface area contributed by atoms with Gasteiger partial charge in [0.2, 0.25) is 0 Å². The standard InChI is InChI=1S/C18H17BrN2O2/c1-12-5-3-4-6-13(12)11-21-16(22)18(2,20-17(21)23)14-7-9-15(19)10-8-14/h3-10H,11H2,1-2H3,(H,20,23)/t18-/m1/s1. The molecule has 1 N–H and O–H groups in total. The molecule has 0 aromatic heterocycles. The Labute approximate surface area is 143 Å². The molecule has 1 aliphatic heterocycles. The number of carbonyl (C=O) groups excluding carboxylic acids is 2. The highest BCUT2D eigenvalue weighted by atomic mass is 79.9. The molecule has 0 spiro atoms. The van der Waals surface area contributed by atoms with E-state index in [2.05, 4.69) is 21.2 Å². The number of nitrogens with zero attached hydrogens (tertiary/aromatic N) is 1. The van der Waals surface area contributed by atoms with Crippen LogP contribution in [0.1, 0.15) is 23.6 Å². The molecular weight excluding hydrogens is 356 g/mol. The van der Waals surface area contributed by atoms with Crippen LogP contribution in [-0.2, 0) is 16.9 Å². The van der Waals surface area contributed by atoms with Crippen LogP contribution in [0.15, 0.2) is 53.0 Å². The van der Waals surface area contributed by atoms with Crippen LogP contribution >= 0.6 is 15.9 Å². The van der Waals surface area contributed by atoms with E-state index in [0.29, 0.717) is 0 Å². The Morgan fingerprint density at radius 2 is 1.74 bits per heavy atom. The van der Waals surface area contributed by atoms with Gasteiger partial charge in [-0.25, -0.2) is 4.79 Å². The summed E-state index contributed by atoms with van der Waals surface area (Å²) in [7, 11) is 0. The lowest BCUT2D eigenvalue weighted by Gasteiger charge is -2.22. The largest absolute Gasteiger partial charge is 0.325 e. The molecule has 0 radical (unpaired) electrons. The fraction of sp³-hybridized carbons (Fsp3) is 0.222. The number of hydrogen-bond donors (Lipinski definition) is 1. The molecule has 0 unspecified atom stereocenters. The monoisotopic (exact) mass is 372 g/mol. The van der Waals surface area contributed by atoms with Gasteiger partial charge < -0.3 is 5.32 Å². The number of urea groups is 1. The summed E-state index contributed by atoms with van der Waals surface area (Å²) in [5.41, 5.74) is 1.77. The molecule has 3 rings (SSSR count). The SMILES string of the molecule is Cc1ccccc1CN1C(=O)N[C@](C)(c2ccc(Br)cc2)C1=O. The quantitative estimate of drug-likeness (QED) is 0.834. The molecule has 5 heteroatoms. The molecule has 1 aliphatic rings. The first-order valence-corrected chi connectivity index (χ1v) is 8.16. The molecule has 0 saturated carbocycles. The van der Waals surface area contributed by atoms with E-state index in [1.807, 2.05) is 55.5 Å². The molecule has 2 aromatic carbocycles. The molecular formula is C18H17BrN2O2. The maximum atomic E-state index is 12.9. The van der Waals surface area contributed by atoms with Gasteiger partial charge >= 0.3 is 6.03 Å².